The van der Waals surface area contributed by atoms with Gasteiger partial charge < -0.3 is 24.6 Å². The molecule has 0 saturated carbocycles. The molecule has 3 amide bonds. The summed E-state index contributed by atoms with van der Waals surface area (Å²) in [6, 6.07) is 2.03. The number of carbonyl (C=O) groups is 3. The highest BCUT2D eigenvalue weighted by molar-refractivity contribution is 9.10. The van der Waals surface area contributed by atoms with E-state index in [1.165, 1.54) is 29.2 Å². The summed E-state index contributed by atoms with van der Waals surface area (Å²) in [5, 5.41) is 2.78. The molecule has 0 bridgehead atoms. The molecule has 0 radical (unpaired) electrons. The van der Waals surface area contributed by atoms with Gasteiger partial charge in [0, 0.05) is 48.3 Å². The third-order valence-corrected chi connectivity index (χ3v) is 7.21. The Morgan fingerprint density at radius 3 is 2.65 bits per heavy atom. The minimum atomic E-state index is -5.02. The predicted molar refractivity (Wildman–Crippen MR) is 139 cm³/mol. The average molecular weight is 627 g/mol. The molecule has 1 aliphatic carbocycles. The quantitative estimate of drug-likeness (QED) is 0.504. The SMILES string of the molecule is O=C1C=C(C(=O)N[C@@H]2CCN(c3c(OC(F)(F)F)cc(Br)cc3C(=O)N3CCOCC3)C2)C2=CC=CC(F)C2=N1. The van der Waals surface area contributed by atoms with Gasteiger partial charge in [0.15, 0.2) is 11.9 Å². The molecule has 2 saturated heterocycles. The molecule has 212 valence electrons. The number of amides is 3. The zero-order chi connectivity index (χ0) is 28.6. The van der Waals surface area contributed by atoms with E-state index in [4.69, 9.17) is 4.74 Å². The molecule has 1 aromatic carbocycles. The van der Waals surface area contributed by atoms with Crippen molar-refractivity contribution in [3.8, 4) is 5.75 Å². The van der Waals surface area contributed by atoms with Gasteiger partial charge in [-0.05, 0) is 24.6 Å². The number of anilines is 1. The fourth-order valence-electron chi connectivity index (χ4n) is 5.01. The fourth-order valence-corrected chi connectivity index (χ4v) is 5.45. The number of nitrogens with one attached hydrogen (secondary N) is 1. The van der Waals surface area contributed by atoms with E-state index in [2.05, 4.69) is 31.0 Å². The van der Waals surface area contributed by atoms with Crippen LogP contribution in [0.2, 0.25) is 0 Å². The second-order valence-electron chi connectivity index (χ2n) is 9.42. The first-order valence-corrected chi connectivity index (χ1v) is 13.2. The zero-order valence-corrected chi connectivity index (χ0v) is 22.4. The van der Waals surface area contributed by atoms with Crippen LogP contribution >= 0.6 is 15.9 Å². The smallest absolute Gasteiger partial charge is 0.403 e. The number of carbonyl (C=O) groups excluding carboxylic acids is 3. The second kappa shape index (κ2) is 11.2. The number of benzene rings is 1. The predicted octanol–water partition coefficient (Wildman–Crippen LogP) is 3.26. The van der Waals surface area contributed by atoms with Crippen LogP contribution in [0.25, 0.3) is 0 Å². The number of rotatable bonds is 5. The zero-order valence-electron chi connectivity index (χ0n) is 20.8. The Bertz CT molecular complexity index is 1370. The summed E-state index contributed by atoms with van der Waals surface area (Å²) < 4.78 is 64.2. The standard InChI is InChI=1S/C26H23BrF4N4O5/c27-14-10-18(25(38)34-6-8-39-9-7-34)23(20(11-14)40-26(29,30)31)35-5-4-15(13-35)32-24(37)17-12-21(36)33-22-16(17)2-1-3-19(22)28/h1-3,10-12,15,19H,4-9,13H2,(H,32,37)/t15-,19?/m1/s1. The normalized spacial score (nSPS) is 22.8. The van der Waals surface area contributed by atoms with Crippen LogP contribution in [0.15, 0.2) is 57.0 Å². The average Bonchev–Trinajstić information content (AvgIpc) is 3.35. The van der Waals surface area contributed by atoms with Gasteiger partial charge in [-0.3, -0.25) is 14.4 Å². The number of alkyl halides is 4. The topological polar surface area (TPSA) is 101 Å². The van der Waals surface area contributed by atoms with E-state index in [0.29, 0.717) is 19.6 Å². The first-order chi connectivity index (χ1) is 19.0. The van der Waals surface area contributed by atoms with Crippen LogP contribution in [0, 0.1) is 0 Å². The van der Waals surface area contributed by atoms with Crippen molar-refractivity contribution in [2.75, 3.05) is 44.3 Å². The maximum atomic E-state index is 14.3. The van der Waals surface area contributed by atoms with Crippen molar-refractivity contribution in [2.45, 2.75) is 25.0 Å². The number of aliphatic imine (C=N–C) groups is 1. The highest BCUT2D eigenvalue weighted by atomic mass is 79.9. The molecule has 3 heterocycles. The third kappa shape index (κ3) is 5.97. The molecule has 14 heteroatoms. The summed E-state index contributed by atoms with van der Waals surface area (Å²) in [4.78, 5) is 45.3. The Labute approximate surface area is 234 Å². The van der Waals surface area contributed by atoms with Crippen LogP contribution in [-0.4, -0.2) is 86.3 Å². The first kappa shape index (κ1) is 28.0. The van der Waals surface area contributed by atoms with E-state index in [9.17, 15) is 31.9 Å². The molecule has 4 aliphatic rings. The molecule has 9 nitrogen and oxygen atoms in total. The molecule has 1 unspecified atom stereocenters. The Balaban J connectivity index is 1.40. The number of ether oxygens (including phenoxy) is 2. The lowest BCUT2D eigenvalue weighted by Gasteiger charge is -2.30. The third-order valence-electron chi connectivity index (χ3n) is 6.75. The molecule has 0 aromatic heterocycles. The number of fused-ring (bicyclic) bond motifs is 1. The van der Waals surface area contributed by atoms with Crippen LogP contribution in [0.3, 0.4) is 0 Å². The van der Waals surface area contributed by atoms with E-state index >= 15 is 0 Å². The van der Waals surface area contributed by atoms with E-state index in [1.54, 1.807) is 4.90 Å². The largest absolute Gasteiger partial charge is 0.573 e. The van der Waals surface area contributed by atoms with Gasteiger partial charge in [0.1, 0.15) is 0 Å². The van der Waals surface area contributed by atoms with E-state index < -0.39 is 42.0 Å². The van der Waals surface area contributed by atoms with Gasteiger partial charge in [-0.1, -0.05) is 28.1 Å². The number of dihydropyridines is 1. The van der Waals surface area contributed by atoms with E-state index in [1.807, 2.05) is 0 Å². The van der Waals surface area contributed by atoms with E-state index in [0.717, 1.165) is 12.1 Å². The highest BCUT2D eigenvalue weighted by Gasteiger charge is 2.38. The Hall–Kier alpha value is -3.52. The van der Waals surface area contributed by atoms with Gasteiger partial charge in [0.2, 0.25) is 0 Å². The molecule has 0 spiro atoms. The molecule has 2 fully saturated rings. The maximum Gasteiger partial charge on any atom is 0.573 e. The van der Waals surface area contributed by atoms with Crippen molar-refractivity contribution >= 4 is 45.1 Å². The molecule has 1 aromatic rings. The first-order valence-electron chi connectivity index (χ1n) is 12.4. The minimum absolute atomic E-state index is 0.0112. The van der Waals surface area contributed by atoms with Crippen molar-refractivity contribution in [1.82, 2.24) is 10.2 Å². The molecule has 40 heavy (non-hydrogen) atoms. The molecule has 3 aliphatic heterocycles. The summed E-state index contributed by atoms with van der Waals surface area (Å²) in [6.45, 7) is 1.42. The van der Waals surface area contributed by atoms with Crippen molar-refractivity contribution in [1.29, 1.82) is 0 Å². The fraction of sp³-hybridized carbons (Fsp3) is 0.385. The summed E-state index contributed by atoms with van der Waals surface area (Å²) in [6.07, 6.45) is -1.18. The monoisotopic (exact) mass is 626 g/mol. The van der Waals surface area contributed by atoms with Crippen molar-refractivity contribution in [3.05, 3.63) is 57.6 Å². The molecule has 1 N–H and O–H groups in total. The Morgan fingerprint density at radius 2 is 1.93 bits per heavy atom. The van der Waals surface area contributed by atoms with Gasteiger partial charge in [-0.25, -0.2) is 9.38 Å². The lowest BCUT2D eigenvalue weighted by Crippen LogP contribution is -2.42. The Morgan fingerprint density at radius 1 is 1.18 bits per heavy atom. The lowest BCUT2D eigenvalue weighted by molar-refractivity contribution is -0.274. The molecular formula is C26H23BrF4N4O5. The summed E-state index contributed by atoms with van der Waals surface area (Å²) in [5.41, 5.74) is -0.0431. The van der Waals surface area contributed by atoms with Gasteiger partial charge >= 0.3 is 6.36 Å². The van der Waals surface area contributed by atoms with Crippen LogP contribution < -0.4 is 15.0 Å². The van der Waals surface area contributed by atoms with Gasteiger partial charge in [-0.2, -0.15) is 0 Å². The highest BCUT2D eigenvalue weighted by Crippen LogP contribution is 2.41. The van der Waals surface area contributed by atoms with Crippen LogP contribution in [0.4, 0.5) is 23.2 Å². The number of allylic oxidation sites excluding steroid dienone is 3. The summed E-state index contributed by atoms with van der Waals surface area (Å²) in [5.74, 6) is -2.44. The minimum Gasteiger partial charge on any atom is -0.403 e. The number of halogens is 5. The van der Waals surface area contributed by atoms with Crippen molar-refractivity contribution < 1.29 is 41.4 Å². The number of morpholine rings is 1. The van der Waals surface area contributed by atoms with Crippen LogP contribution in [0.1, 0.15) is 16.8 Å². The van der Waals surface area contributed by atoms with E-state index in [-0.39, 0.29) is 58.8 Å². The van der Waals surface area contributed by atoms with Gasteiger partial charge in [-0.15, -0.1) is 13.2 Å². The number of nitrogens with zero attached hydrogens (tertiary/aromatic N) is 3. The summed E-state index contributed by atoms with van der Waals surface area (Å²) in [7, 11) is 0. The van der Waals surface area contributed by atoms with Gasteiger partial charge in [0.25, 0.3) is 17.7 Å². The van der Waals surface area contributed by atoms with Crippen LogP contribution in [0.5, 0.6) is 5.75 Å². The Kier molecular flexibility index (Phi) is 7.82. The van der Waals surface area contributed by atoms with Crippen molar-refractivity contribution in [3.63, 3.8) is 0 Å². The summed E-state index contributed by atoms with van der Waals surface area (Å²) >= 11 is 3.18. The van der Waals surface area contributed by atoms with Crippen molar-refractivity contribution in [2.24, 2.45) is 4.99 Å². The number of hydrogen-bond acceptors (Lipinski definition) is 6. The molecular weight excluding hydrogens is 604 g/mol. The second-order valence-corrected chi connectivity index (χ2v) is 10.3. The molecule has 5 rings (SSSR count). The lowest BCUT2D eigenvalue weighted by atomic mass is 9.91. The molecule has 2 atom stereocenters. The van der Waals surface area contributed by atoms with Gasteiger partial charge in [0.05, 0.1) is 35.7 Å². The van der Waals surface area contributed by atoms with Crippen LogP contribution in [-0.2, 0) is 14.3 Å². The maximum absolute atomic E-state index is 14.3. The number of hydrogen-bond donors (Lipinski definition) is 1.